The summed E-state index contributed by atoms with van der Waals surface area (Å²) < 4.78 is 0. The maximum atomic E-state index is 12.5. The van der Waals surface area contributed by atoms with Gasteiger partial charge in [-0.05, 0) is 77.0 Å². The maximum absolute atomic E-state index is 12.5. The molecule has 0 aromatic rings. The van der Waals surface area contributed by atoms with Crippen molar-refractivity contribution in [2.45, 2.75) is 392 Å². The lowest BCUT2D eigenvalue weighted by Gasteiger charge is -2.19. The molecule has 0 rings (SSSR count). The lowest BCUT2D eigenvalue weighted by molar-refractivity contribution is -0.123. The second-order valence-electron chi connectivity index (χ2n) is 23.9. The van der Waals surface area contributed by atoms with E-state index in [2.05, 4.69) is 67.8 Å². The number of hydrogen-bond acceptors (Lipinski definition) is 3. The Morgan fingerprint density at radius 2 is 0.545 bits per heavy atom. The minimum Gasteiger partial charge on any atom is -0.394 e. The van der Waals surface area contributed by atoms with Crippen molar-refractivity contribution in [3.05, 3.63) is 60.8 Å². The fraction of sp³-hybridized carbons (Fsp3) is 0.849. The van der Waals surface area contributed by atoms with Crippen LogP contribution < -0.4 is 5.32 Å². The minimum absolute atomic E-state index is 0.0716. The highest BCUT2D eigenvalue weighted by Gasteiger charge is 2.18. The molecule has 77 heavy (non-hydrogen) atoms. The van der Waals surface area contributed by atoms with E-state index in [1.165, 1.54) is 315 Å². The Morgan fingerprint density at radius 1 is 0.312 bits per heavy atom. The molecular formula is C73H137NO3. The van der Waals surface area contributed by atoms with Crippen LogP contribution >= 0.6 is 0 Å². The van der Waals surface area contributed by atoms with Crippen molar-refractivity contribution in [1.29, 1.82) is 0 Å². The highest BCUT2D eigenvalue weighted by Crippen LogP contribution is 2.18. The number of allylic oxidation sites excluding steroid dienone is 9. The molecule has 4 nitrogen and oxygen atoms in total. The standard InChI is InChI=1S/C73H137NO3/c1-3-5-7-9-11-13-15-17-19-21-23-25-27-29-31-33-35-36-37-38-39-41-43-45-47-49-51-53-55-57-59-61-63-65-67-69-73(77)74-71(70-75)72(76)68-66-64-62-60-58-56-54-52-50-48-46-44-42-40-34-32-30-28-26-24-22-20-18-16-14-12-10-8-6-4-2/h15,17,21,23,50,52,58,60,66,68,71-72,75-76H,3-14,16,18-20,22,24-49,51,53-57,59,61-65,67,69-70H2,1-2H3,(H,74,77)/b17-15-,23-21-,52-50+,60-58+,68-66+. The smallest absolute Gasteiger partial charge is 0.220 e. The summed E-state index contributed by atoms with van der Waals surface area (Å²) in [5, 5.41) is 23.3. The third kappa shape index (κ3) is 64.8. The van der Waals surface area contributed by atoms with Gasteiger partial charge in [0, 0.05) is 6.42 Å². The number of hydrogen-bond donors (Lipinski definition) is 3. The molecule has 4 heteroatoms. The molecule has 1 amide bonds. The number of unbranched alkanes of at least 4 members (excludes halogenated alkanes) is 50. The molecule has 0 bridgehead atoms. The Bertz CT molecular complexity index is 1270. The average molecular weight is 1080 g/mol. The average Bonchev–Trinajstić information content (AvgIpc) is 3.43. The van der Waals surface area contributed by atoms with E-state index < -0.39 is 12.1 Å². The van der Waals surface area contributed by atoms with Crippen LogP contribution in [0, 0.1) is 0 Å². The summed E-state index contributed by atoms with van der Waals surface area (Å²) >= 11 is 0. The van der Waals surface area contributed by atoms with Crippen LogP contribution in [-0.4, -0.2) is 34.9 Å². The molecule has 0 spiro atoms. The van der Waals surface area contributed by atoms with E-state index in [-0.39, 0.29) is 12.5 Å². The molecular weight excluding hydrogens is 939 g/mol. The van der Waals surface area contributed by atoms with Crippen molar-refractivity contribution in [3.8, 4) is 0 Å². The van der Waals surface area contributed by atoms with Crippen molar-refractivity contribution in [2.24, 2.45) is 0 Å². The SMILES string of the molecule is CCCCCCC/C=C\C/C=C\CCCCCCCCCCCCCCCCCCCCCCCCCC(=O)NC(CO)C(O)/C=C/CC/C=C/CC/C=C/CCCCCCCCCCCCCCCCCCCCCC. The Morgan fingerprint density at radius 3 is 0.831 bits per heavy atom. The van der Waals surface area contributed by atoms with Crippen LogP contribution in [0.4, 0.5) is 0 Å². The lowest BCUT2D eigenvalue weighted by Crippen LogP contribution is -2.45. The van der Waals surface area contributed by atoms with Gasteiger partial charge in [-0.2, -0.15) is 0 Å². The fourth-order valence-corrected chi connectivity index (χ4v) is 10.9. The molecule has 0 aromatic heterocycles. The van der Waals surface area contributed by atoms with Crippen molar-refractivity contribution in [2.75, 3.05) is 6.61 Å². The zero-order chi connectivity index (χ0) is 55.5. The summed E-state index contributed by atoms with van der Waals surface area (Å²) in [5.41, 5.74) is 0. The molecule has 0 aromatic carbocycles. The number of aliphatic hydroxyl groups is 2. The first-order chi connectivity index (χ1) is 38.2. The van der Waals surface area contributed by atoms with E-state index in [9.17, 15) is 15.0 Å². The zero-order valence-electron chi connectivity index (χ0n) is 52.2. The first-order valence-electron chi connectivity index (χ1n) is 35.0. The van der Waals surface area contributed by atoms with E-state index in [4.69, 9.17) is 0 Å². The van der Waals surface area contributed by atoms with Crippen LogP contribution in [0.5, 0.6) is 0 Å². The van der Waals surface area contributed by atoms with Crippen LogP contribution in [0.25, 0.3) is 0 Å². The Kier molecular flexibility index (Phi) is 66.7. The summed E-state index contributed by atoms with van der Waals surface area (Å²) in [6, 6.07) is -0.648. The number of rotatable bonds is 65. The first-order valence-corrected chi connectivity index (χ1v) is 35.0. The van der Waals surface area contributed by atoms with Crippen LogP contribution in [0.3, 0.4) is 0 Å². The molecule has 452 valence electrons. The highest BCUT2D eigenvalue weighted by atomic mass is 16.3. The Hall–Kier alpha value is -1.91. The fourth-order valence-electron chi connectivity index (χ4n) is 10.9. The van der Waals surface area contributed by atoms with E-state index in [0.717, 1.165) is 44.9 Å². The van der Waals surface area contributed by atoms with Crippen molar-refractivity contribution < 1.29 is 15.0 Å². The van der Waals surface area contributed by atoms with Gasteiger partial charge in [0.2, 0.25) is 5.91 Å². The highest BCUT2D eigenvalue weighted by molar-refractivity contribution is 5.76. The molecule has 2 atom stereocenters. The molecule has 0 aliphatic carbocycles. The molecule has 0 saturated carbocycles. The van der Waals surface area contributed by atoms with Gasteiger partial charge in [-0.15, -0.1) is 0 Å². The minimum atomic E-state index is -0.873. The van der Waals surface area contributed by atoms with Gasteiger partial charge in [0.1, 0.15) is 0 Å². The third-order valence-corrected chi connectivity index (χ3v) is 16.2. The van der Waals surface area contributed by atoms with Gasteiger partial charge in [-0.1, -0.05) is 357 Å². The zero-order valence-corrected chi connectivity index (χ0v) is 52.2. The normalized spacial score (nSPS) is 13.0. The number of aliphatic hydroxyl groups excluding tert-OH is 2. The third-order valence-electron chi connectivity index (χ3n) is 16.2. The van der Waals surface area contributed by atoms with Gasteiger partial charge in [0.15, 0.2) is 0 Å². The van der Waals surface area contributed by atoms with Crippen molar-refractivity contribution >= 4 is 5.91 Å². The van der Waals surface area contributed by atoms with E-state index in [1.54, 1.807) is 6.08 Å². The molecule has 0 aliphatic heterocycles. The molecule has 0 fully saturated rings. The van der Waals surface area contributed by atoms with Crippen molar-refractivity contribution in [1.82, 2.24) is 5.32 Å². The largest absolute Gasteiger partial charge is 0.394 e. The molecule has 0 saturated heterocycles. The van der Waals surface area contributed by atoms with Crippen LogP contribution in [0.15, 0.2) is 60.8 Å². The number of carbonyl (C=O) groups excluding carboxylic acids is 1. The topological polar surface area (TPSA) is 69.6 Å². The summed E-state index contributed by atoms with van der Waals surface area (Å²) in [5.74, 6) is -0.0716. The summed E-state index contributed by atoms with van der Waals surface area (Å²) in [7, 11) is 0. The quantitative estimate of drug-likeness (QED) is 0.0420. The maximum Gasteiger partial charge on any atom is 0.220 e. The Labute approximate surface area is 483 Å². The predicted octanol–water partition coefficient (Wildman–Crippen LogP) is 23.9. The molecule has 0 radical (unpaired) electrons. The van der Waals surface area contributed by atoms with Crippen LogP contribution in [0.1, 0.15) is 380 Å². The number of carbonyl (C=O) groups is 1. The number of nitrogens with one attached hydrogen (secondary N) is 1. The van der Waals surface area contributed by atoms with Crippen LogP contribution in [0.2, 0.25) is 0 Å². The predicted molar refractivity (Wildman–Crippen MR) is 345 cm³/mol. The van der Waals surface area contributed by atoms with E-state index >= 15 is 0 Å². The summed E-state index contributed by atoms with van der Waals surface area (Å²) in [6.45, 7) is 4.32. The van der Waals surface area contributed by atoms with Crippen molar-refractivity contribution in [3.63, 3.8) is 0 Å². The van der Waals surface area contributed by atoms with Crippen LogP contribution in [-0.2, 0) is 4.79 Å². The Balaban J connectivity index is 3.47. The molecule has 0 heterocycles. The lowest BCUT2D eigenvalue weighted by atomic mass is 10.0. The molecule has 3 N–H and O–H groups in total. The summed E-state index contributed by atoms with van der Waals surface area (Å²) in [6.07, 6.45) is 97.4. The van der Waals surface area contributed by atoms with Gasteiger partial charge in [-0.25, -0.2) is 0 Å². The summed E-state index contributed by atoms with van der Waals surface area (Å²) in [4.78, 5) is 12.5. The number of amides is 1. The van der Waals surface area contributed by atoms with E-state index in [1.807, 2.05) is 6.08 Å². The molecule has 0 aliphatic rings. The second kappa shape index (κ2) is 68.4. The molecule has 2 unspecified atom stereocenters. The second-order valence-corrected chi connectivity index (χ2v) is 23.9. The first kappa shape index (κ1) is 75.1. The van der Waals surface area contributed by atoms with E-state index in [0.29, 0.717) is 6.42 Å². The van der Waals surface area contributed by atoms with Gasteiger partial charge in [0.05, 0.1) is 18.8 Å². The van der Waals surface area contributed by atoms with Gasteiger partial charge in [0.25, 0.3) is 0 Å². The van der Waals surface area contributed by atoms with Gasteiger partial charge in [-0.3, -0.25) is 4.79 Å². The van der Waals surface area contributed by atoms with Gasteiger partial charge < -0.3 is 15.5 Å². The monoisotopic (exact) mass is 1080 g/mol. The van der Waals surface area contributed by atoms with Gasteiger partial charge >= 0.3 is 0 Å².